The highest BCUT2D eigenvalue weighted by atomic mass is 16.5. The van der Waals surface area contributed by atoms with Crippen molar-refractivity contribution in [1.29, 1.82) is 0 Å². The smallest absolute Gasteiger partial charge is 0.328 e. The molecule has 0 bridgehead atoms. The Morgan fingerprint density at radius 3 is 2.21 bits per heavy atom. The predicted molar refractivity (Wildman–Crippen MR) is 175 cm³/mol. The van der Waals surface area contributed by atoms with Crippen LogP contribution in [0.2, 0.25) is 0 Å². The van der Waals surface area contributed by atoms with Crippen LogP contribution in [-0.4, -0.2) is 72.5 Å². The Morgan fingerprint density at radius 1 is 0.872 bits per heavy atom. The number of hydrogen-bond acceptors (Lipinski definition) is 7. The Hall–Kier alpha value is -4.84. The second-order valence-electron chi connectivity index (χ2n) is 11.9. The standard InChI is InChI=1S/C32H35N5O2.C4H4O4/c1-2-12-29-25(9-1)24-39-32(29)13-18-35(19-14-32)15-7-8-20-38-31(30-23-28-11-4-6-17-37(28)34-30)22-26-21-27-10-3-5-16-36(27)33-26;5-3(6)1-2-4(7)8/h1-6,9-12,16-17,21,23,31H,7-8,13-15,18-20,22,24H2;1-2H,(H,5,6)(H,7,8)/b;2-1-. The summed E-state index contributed by atoms with van der Waals surface area (Å²) in [5.74, 6) is -2.51. The molecular formula is C36H39N5O6. The molecule has 1 unspecified atom stereocenters. The number of carboxylic acids is 2. The number of unbranched alkanes of at least 4 members (excludes halogenated alkanes) is 1. The third-order valence-electron chi connectivity index (χ3n) is 8.77. The number of carbonyl (C=O) groups is 2. The number of piperidine rings is 1. The average molecular weight is 638 g/mol. The van der Waals surface area contributed by atoms with Gasteiger partial charge in [-0.15, -0.1) is 0 Å². The summed E-state index contributed by atoms with van der Waals surface area (Å²) in [6.45, 7) is 4.75. The molecule has 11 nitrogen and oxygen atoms in total. The molecule has 0 amide bonds. The quantitative estimate of drug-likeness (QED) is 0.146. The average Bonchev–Trinajstić information content (AvgIpc) is 3.80. The monoisotopic (exact) mass is 637 g/mol. The van der Waals surface area contributed by atoms with Crippen molar-refractivity contribution >= 4 is 23.0 Å². The molecule has 11 heteroatoms. The molecule has 2 N–H and O–H groups in total. The van der Waals surface area contributed by atoms with Crippen LogP contribution in [0.4, 0.5) is 0 Å². The molecule has 1 aromatic carbocycles. The number of pyridine rings is 2. The third-order valence-corrected chi connectivity index (χ3v) is 8.77. The van der Waals surface area contributed by atoms with Crippen molar-refractivity contribution in [2.24, 2.45) is 0 Å². The molecular weight excluding hydrogens is 598 g/mol. The molecule has 244 valence electrons. The lowest BCUT2D eigenvalue weighted by Gasteiger charge is -2.39. The maximum atomic E-state index is 9.55. The molecule has 1 atom stereocenters. The summed E-state index contributed by atoms with van der Waals surface area (Å²) in [4.78, 5) is 21.7. The van der Waals surface area contributed by atoms with Crippen molar-refractivity contribution in [3.63, 3.8) is 0 Å². The van der Waals surface area contributed by atoms with Gasteiger partial charge in [0.15, 0.2) is 0 Å². The fourth-order valence-electron chi connectivity index (χ4n) is 6.39. The van der Waals surface area contributed by atoms with E-state index in [-0.39, 0.29) is 11.7 Å². The minimum atomic E-state index is -1.26. The highest BCUT2D eigenvalue weighted by Gasteiger charge is 2.42. The molecule has 7 rings (SSSR count). The highest BCUT2D eigenvalue weighted by molar-refractivity contribution is 5.89. The minimum absolute atomic E-state index is 0.0601. The Labute approximate surface area is 272 Å². The number of likely N-dealkylation sites (tertiary alicyclic amines) is 1. The summed E-state index contributed by atoms with van der Waals surface area (Å²) in [6.07, 6.45) is 9.95. The largest absolute Gasteiger partial charge is 0.478 e. The van der Waals surface area contributed by atoms with Crippen LogP contribution in [0.5, 0.6) is 0 Å². The van der Waals surface area contributed by atoms with E-state index in [1.165, 1.54) is 11.1 Å². The number of aromatic nitrogens is 4. The lowest BCUT2D eigenvalue weighted by Crippen LogP contribution is -2.42. The Kier molecular flexibility index (Phi) is 10.1. The maximum absolute atomic E-state index is 9.55. The van der Waals surface area contributed by atoms with Crippen LogP contribution < -0.4 is 0 Å². The lowest BCUT2D eigenvalue weighted by molar-refractivity contribution is -0.134. The number of aliphatic carboxylic acids is 2. The van der Waals surface area contributed by atoms with E-state index in [2.05, 4.69) is 53.4 Å². The second-order valence-corrected chi connectivity index (χ2v) is 11.9. The van der Waals surface area contributed by atoms with Gasteiger partial charge in [-0.05, 0) is 79.8 Å². The summed E-state index contributed by atoms with van der Waals surface area (Å²) >= 11 is 0. The zero-order valence-corrected chi connectivity index (χ0v) is 26.1. The van der Waals surface area contributed by atoms with E-state index in [9.17, 15) is 9.59 Å². The van der Waals surface area contributed by atoms with Crippen molar-refractivity contribution in [3.05, 3.63) is 120 Å². The molecule has 2 aliphatic heterocycles. The number of ether oxygens (including phenoxy) is 2. The van der Waals surface area contributed by atoms with E-state index in [0.29, 0.717) is 25.2 Å². The molecule has 1 saturated heterocycles. The zero-order chi connectivity index (χ0) is 32.6. The Bertz CT molecular complexity index is 1770. The molecule has 0 saturated carbocycles. The number of nitrogens with zero attached hydrogens (tertiary/aromatic N) is 5. The molecule has 6 heterocycles. The van der Waals surface area contributed by atoms with Crippen LogP contribution >= 0.6 is 0 Å². The SMILES string of the molecule is O=C(O)/C=C\C(=O)O.c1ccc2c(c1)COC21CCN(CCCCOC(Cc2cc3ccccn3n2)c2cc3ccccn3n2)CC1. The van der Waals surface area contributed by atoms with Gasteiger partial charge in [0.25, 0.3) is 0 Å². The fraction of sp³-hybridized carbons (Fsp3) is 0.333. The van der Waals surface area contributed by atoms with Crippen LogP contribution in [-0.2, 0) is 37.7 Å². The van der Waals surface area contributed by atoms with Crippen LogP contribution in [0.1, 0.15) is 54.3 Å². The summed E-state index contributed by atoms with van der Waals surface area (Å²) in [5.41, 5.74) is 6.87. The minimum Gasteiger partial charge on any atom is -0.478 e. The number of fused-ring (bicyclic) bond motifs is 4. The van der Waals surface area contributed by atoms with Gasteiger partial charge in [-0.2, -0.15) is 10.2 Å². The Morgan fingerprint density at radius 2 is 1.53 bits per heavy atom. The van der Waals surface area contributed by atoms with E-state index in [1.807, 2.05) is 45.7 Å². The third kappa shape index (κ3) is 7.94. The first-order valence-corrected chi connectivity index (χ1v) is 16.0. The molecule has 0 aliphatic carbocycles. The molecule has 4 aromatic heterocycles. The zero-order valence-electron chi connectivity index (χ0n) is 26.1. The van der Waals surface area contributed by atoms with Gasteiger partial charge in [0.2, 0.25) is 0 Å². The fourth-order valence-corrected chi connectivity index (χ4v) is 6.39. The van der Waals surface area contributed by atoms with Gasteiger partial charge >= 0.3 is 11.9 Å². The first-order chi connectivity index (χ1) is 22.9. The van der Waals surface area contributed by atoms with E-state index >= 15 is 0 Å². The Balaban J connectivity index is 0.000000431. The number of rotatable bonds is 11. The van der Waals surface area contributed by atoms with Crippen molar-refractivity contribution in [1.82, 2.24) is 24.1 Å². The number of benzene rings is 1. The molecule has 1 fully saturated rings. The van der Waals surface area contributed by atoms with Crippen LogP contribution in [0.3, 0.4) is 0 Å². The van der Waals surface area contributed by atoms with Gasteiger partial charge in [0.1, 0.15) is 6.10 Å². The van der Waals surface area contributed by atoms with E-state index in [0.717, 1.165) is 74.3 Å². The maximum Gasteiger partial charge on any atom is 0.328 e. The summed E-state index contributed by atoms with van der Waals surface area (Å²) in [6, 6.07) is 25.3. The van der Waals surface area contributed by atoms with Crippen molar-refractivity contribution in [2.45, 2.75) is 50.4 Å². The molecule has 2 aliphatic rings. The highest BCUT2D eigenvalue weighted by Crippen LogP contribution is 2.44. The van der Waals surface area contributed by atoms with Gasteiger partial charge in [-0.25, -0.2) is 18.6 Å². The molecule has 47 heavy (non-hydrogen) atoms. The van der Waals surface area contributed by atoms with Crippen molar-refractivity contribution in [2.75, 3.05) is 26.2 Å². The van der Waals surface area contributed by atoms with Gasteiger partial charge < -0.3 is 24.6 Å². The number of carboxylic acid groups (broad SMARTS) is 2. The topological polar surface area (TPSA) is 131 Å². The molecule has 5 aromatic rings. The summed E-state index contributed by atoms with van der Waals surface area (Å²) in [7, 11) is 0. The first kappa shape index (κ1) is 32.1. The second kappa shape index (κ2) is 14.7. The van der Waals surface area contributed by atoms with Crippen molar-refractivity contribution < 1.29 is 29.3 Å². The predicted octanol–water partition coefficient (Wildman–Crippen LogP) is 5.30. The molecule has 0 radical (unpaired) electrons. The lowest BCUT2D eigenvalue weighted by atomic mass is 9.84. The van der Waals surface area contributed by atoms with Gasteiger partial charge in [-0.1, -0.05) is 36.4 Å². The van der Waals surface area contributed by atoms with E-state index in [1.54, 1.807) is 0 Å². The summed E-state index contributed by atoms with van der Waals surface area (Å²) in [5, 5.41) is 25.2. The summed E-state index contributed by atoms with van der Waals surface area (Å²) < 4.78 is 16.7. The van der Waals surface area contributed by atoms with Crippen LogP contribution in [0.15, 0.2) is 97.3 Å². The van der Waals surface area contributed by atoms with Crippen molar-refractivity contribution in [3.8, 4) is 0 Å². The first-order valence-electron chi connectivity index (χ1n) is 16.0. The van der Waals surface area contributed by atoms with E-state index in [4.69, 9.17) is 29.9 Å². The van der Waals surface area contributed by atoms with Gasteiger partial charge in [-0.3, -0.25) is 0 Å². The van der Waals surface area contributed by atoms with Gasteiger partial charge in [0, 0.05) is 50.7 Å². The number of hydrogen-bond donors (Lipinski definition) is 2. The van der Waals surface area contributed by atoms with E-state index < -0.39 is 11.9 Å². The van der Waals surface area contributed by atoms with Gasteiger partial charge in [0.05, 0.1) is 34.6 Å². The van der Waals surface area contributed by atoms with Crippen LogP contribution in [0, 0.1) is 0 Å². The van der Waals surface area contributed by atoms with Crippen LogP contribution in [0.25, 0.3) is 11.0 Å². The molecule has 1 spiro atoms. The normalized spacial score (nSPS) is 16.3.